The first-order chi connectivity index (χ1) is 3.66. The fourth-order valence-electron chi connectivity index (χ4n) is 0.266. The van der Waals surface area contributed by atoms with Crippen LogP contribution in [0.1, 0.15) is 13.3 Å². The standard InChI is InChI=1S/C4H10N2OS/c1-2-3(8)6-4(5)7/h3,8H,2H2,1H3,(H3,5,6,7). The van der Waals surface area contributed by atoms with Crippen molar-refractivity contribution in [2.75, 3.05) is 0 Å². The lowest BCUT2D eigenvalue weighted by atomic mass is 10.5. The maximum atomic E-state index is 10.0. The normalized spacial score (nSPS) is 12.8. The predicted molar refractivity (Wildman–Crippen MR) is 35.8 cm³/mol. The van der Waals surface area contributed by atoms with E-state index < -0.39 is 6.03 Å². The number of carbonyl (C=O) groups is 1. The largest absolute Gasteiger partial charge is 0.352 e. The predicted octanol–water partition coefficient (Wildman–Crippen LogP) is 0.321. The number of thiol groups is 1. The van der Waals surface area contributed by atoms with Crippen molar-refractivity contribution >= 4 is 18.7 Å². The molecule has 0 radical (unpaired) electrons. The van der Waals surface area contributed by atoms with Gasteiger partial charge in [-0.1, -0.05) is 6.92 Å². The average molecular weight is 134 g/mol. The van der Waals surface area contributed by atoms with Gasteiger partial charge < -0.3 is 11.1 Å². The lowest BCUT2D eigenvalue weighted by Gasteiger charge is -2.05. The molecule has 8 heavy (non-hydrogen) atoms. The highest BCUT2D eigenvalue weighted by atomic mass is 32.1. The zero-order chi connectivity index (χ0) is 6.57. The summed E-state index contributed by atoms with van der Waals surface area (Å²) >= 11 is 3.96. The zero-order valence-corrected chi connectivity index (χ0v) is 5.61. The van der Waals surface area contributed by atoms with Crippen molar-refractivity contribution in [2.24, 2.45) is 5.73 Å². The quantitative estimate of drug-likeness (QED) is 0.370. The van der Waals surface area contributed by atoms with Gasteiger partial charge >= 0.3 is 6.03 Å². The number of amides is 2. The molecule has 0 bridgehead atoms. The highest BCUT2D eigenvalue weighted by molar-refractivity contribution is 7.80. The molecule has 4 heteroatoms. The Kier molecular flexibility index (Phi) is 3.43. The van der Waals surface area contributed by atoms with Crippen LogP contribution in [0.4, 0.5) is 4.79 Å². The Hall–Kier alpha value is -0.380. The topological polar surface area (TPSA) is 55.1 Å². The van der Waals surface area contributed by atoms with Crippen LogP contribution in [0.5, 0.6) is 0 Å². The molecule has 0 rings (SSSR count). The van der Waals surface area contributed by atoms with E-state index in [4.69, 9.17) is 5.73 Å². The van der Waals surface area contributed by atoms with Crippen molar-refractivity contribution in [1.82, 2.24) is 5.32 Å². The van der Waals surface area contributed by atoms with Gasteiger partial charge in [-0.05, 0) is 6.42 Å². The van der Waals surface area contributed by atoms with Gasteiger partial charge in [0, 0.05) is 0 Å². The Balaban J connectivity index is 3.24. The summed E-state index contributed by atoms with van der Waals surface area (Å²) in [6.07, 6.45) is 0.784. The first-order valence-electron chi connectivity index (χ1n) is 2.41. The van der Waals surface area contributed by atoms with Gasteiger partial charge in [-0.15, -0.1) is 0 Å². The summed E-state index contributed by atoms with van der Waals surface area (Å²) in [6.45, 7) is 1.91. The van der Waals surface area contributed by atoms with Gasteiger partial charge in [-0.25, -0.2) is 4.79 Å². The van der Waals surface area contributed by atoms with Crippen molar-refractivity contribution < 1.29 is 4.79 Å². The smallest absolute Gasteiger partial charge is 0.313 e. The molecule has 3 N–H and O–H groups in total. The third-order valence-electron chi connectivity index (χ3n) is 0.696. The van der Waals surface area contributed by atoms with Gasteiger partial charge in [-0.2, -0.15) is 12.6 Å². The number of rotatable bonds is 2. The van der Waals surface area contributed by atoms with E-state index in [1.54, 1.807) is 0 Å². The lowest BCUT2D eigenvalue weighted by molar-refractivity contribution is 0.248. The molecule has 0 heterocycles. The van der Waals surface area contributed by atoms with Gasteiger partial charge in [0.15, 0.2) is 0 Å². The van der Waals surface area contributed by atoms with Crippen LogP contribution in [0.15, 0.2) is 0 Å². The van der Waals surface area contributed by atoms with E-state index in [1.807, 2.05) is 6.92 Å². The Bertz CT molecular complexity index is 86.1. The van der Waals surface area contributed by atoms with E-state index >= 15 is 0 Å². The first-order valence-corrected chi connectivity index (χ1v) is 2.92. The van der Waals surface area contributed by atoms with Crippen LogP contribution in [0.3, 0.4) is 0 Å². The van der Waals surface area contributed by atoms with Crippen molar-refractivity contribution in [3.05, 3.63) is 0 Å². The molecule has 2 amide bonds. The summed E-state index contributed by atoms with van der Waals surface area (Å²) < 4.78 is 0. The monoisotopic (exact) mass is 134 g/mol. The molecule has 1 unspecified atom stereocenters. The Morgan fingerprint density at radius 2 is 2.50 bits per heavy atom. The average Bonchev–Trinajstić information content (AvgIpc) is 1.65. The number of nitrogens with two attached hydrogens (primary N) is 1. The Morgan fingerprint density at radius 1 is 2.00 bits per heavy atom. The minimum absolute atomic E-state index is 0.104. The molecule has 0 saturated heterocycles. The van der Waals surface area contributed by atoms with Crippen LogP contribution in [0, 0.1) is 0 Å². The lowest BCUT2D eigenvalue weighted by Crippen LogP contribution is -2.34. The minimum Gasteiger partial charge on any atom is -0.352 e. The highest BCUT2D eigenvalue weighted by Crippen LogP contribution is 1.92. The molecule has 0 aromatic heterocycles. The van der Waals surface area contributed by atoms with E-state index in [9.17, 15) is 4.79 Å². The molecule has 0 aliphatic carbocycles. The number of carbonyl (C=O) groups excluding carboxylic acids is 1. The molecule has 1 atom stereocenters. The first kappa shape index (κ1) is 7.62. The van der Waals surface area contributed by atoms with Crippen molar-refractivity contribution in [1.29, 1.82) is 0 Å². The molecule has 0 fully saturated rings. The molecule has 0 aromatic rings. The minimum atomic E-state index is -0.521. The fraction of sp³-hybridized carbons (Fsp3) is 0.750. The highest BCUT2D eigenvalue weighted by Gasteiger charge is 1.98. The molecule has 3 nitrogen and oxygen atoms in total. The summed E-state index contributed by atoms with van der Waals surface area (Å²) in [6, 6.07) is -0.521. The van der Waals surface area contributed by atoms with Crippen molar-refractivity contribution in [2.45, 2.75) is 18.7 Å². The number of nitrogens with one attached hydrogen (secondary N) is 1. The SMILES string of the molecule is CCC(S)NC(N)=O. The summed E-state index contributed by atoms with van der Waals surface area (Å²) in [4.78, 5) is 10.0. The van der Waals surface area contributed by atoms with Crippen LogP contribution in [0.25, 0.3) is 0 Å². The van der Waals surface area contributed by atoms with Gasteiger partial charge in [0.25, 0.3) is 0 Å². The number of hydrogen-bond donors (Lipinski definition) is 3. The van der Waals surface area contributed by atoms with Gasteiger partial charge in [-0.3, -0.25) is 0 Å². The molecule has 0 spiro atoms. The second-order valence-electron chi connectivity index (χ2n) is 1.43. The Labute approximate surface area is 54.0 Å². The van der Waals surface area contributed by atoms with Crippen LogP contribution >= 0.6 is 12.6 Å². The summed E-state index contributed by atoms with van der Waals surface area (Å²) in [5.41, 5.74) is 4.77. The van der Waals surface area contributed by atoms with E-state index in [2.05, 4.69) is 17.9 Å². The van der Waals surface area contributed by atoms with Crippen LogP contribution in [0.2, 0.25) is 0 Å². The molecule has 0 aliphatic rings. The molecular weight excluding hydrogens is 124 g/mol. The van der Waals surface area contributed by atoms with Crippen LogP contribution < -0.4 is 11.1 Å². The van der Waals surface area contributed by atoms with E-state index in [-0.39, 0.29) is 5.37 Å². The molecule has 0 aliphatic heterocycles. The van der Waals surface area contributed by atoms with Crippen molar-refractivity contribution in [3.63, 3.8) is 0 Å². The van der Waals surface area contributed by atoms with Crippen molar-refractivity contribution in [3.8, 4) is 0 Å². The van der Waals surface area contributed by atoms with E-state index in [1.165, 1.54) is 0 Å². The van der Waals surface area contributed by atoms with Gasteiger partial charge in [0.2, 0.25) is 0 Å². The molecule has 0 saturated carbocycles. The fourth-order valence-corrected chi connectivity index (χ4v) is 0.394. The summed E-state index contributed by atoms with van der Waals surface area (Å²) in [5, 5.41) is 2.29. The van der Waals surface area contributed by atoms with Crippen LogP contribution in [-0.4, -0.2) is 11.4 Å². The van der Waals surface area contributed by atoms with E-state index in [0.29, 0.717) is 0 Å². The molecule has 48 valence electrons. The molecule has 0 aromatic carbocycles. The third kappa shape index (κ3) is 3.80. The number of hydrogen-bond acceptors (Lipinski definition) is 2. The van der Waals surface area contributed by atoms with Gasteiger partial charge in [0.05, 0.1) is 5.37 Å². The third-order valence-corrected chi connectivity index (χ3v) is 1.19. The van der Waals surface area contributed by atoms with Gasteiger partial charge in [0.1, 0.15) is 0 Å². The van der Waals surface area contributed by atoms with E-state index in [0.717, 1.165) is 6.42 Å². The number of urea groups is 1. The summed E-state index contributed by atoms with van der Waals surface area (Å²) in [7, 11) is 0. The second-order valence-corrected chi connectivity index (χ2v) is 2.06. The van der Waals surface area contributed by atoms with Crippen LogP contribution in [-0.2, 0) is 0 Å². The Morgan fingerprint density at radius 3 is 2.62 bits per heavy atom. The maximum Gasteiger partial charge on any atom is 0.313 e. The summed E-state index contributed by atoms with van der Waals surface area (Å²) in [5.74, 6) is 0. The second kappa shape index (κ2) is 3.60. The number of primary amides is 1. The zero-order valence-electron chi connectivity index (χ0n) is 4.72. The molecular formula is C4H10N2OS. The maximum absolute atomic E-state index is 10.0.